The molecule has 4 aromatic heterocycles. The molecule has 26 aromatic rings. The zero-order valence-corrected chi connectivity index (χ0v) is 77.0. The first-order valence-corrected chi connectivity index (χ1v) is 48.9. The maximum absolute atomic E-state index is 7.39. The maximum atomic E-state index is 7.39. The number of benzene rings is 22. The van der Waals surface area contributed by atoms with Crippen LogP contribution in [0.1, 0.15) is 44.5 Å². The second-order valence-corrected chi connectivity index (χ2v) is 38.2. The van der Waals surface area contributed by atoms with Gasteiger partial charge in [-0.2, -0.15) is 0 Å². The van der Waals surface area contributed by atoms with E-state index in [2.05, 4.69) is 518 Å². The molecule has 0 spiro atoms. The molecule has 2 aliphatic carbocycles. The third-order valence-electron chi connectivity index (χ3n) is 29.8. The van der Waals surface area contributed by atoms with Crippen LogP contribution in [0.15, 0.2) is 524 Å². The van der Waals surface area contributed by atoms with Crippen molar-refractivity contribution in [2.45, 2.75) is 10.8 Å². The molecule has 2 aliphatic rings. The summed E-state index contributed by atoms with van der Waals surface area (Å²) in [5, 5.41) is 9.34. The third-order valence-corrected chi connectivity index (χ3v) is 31.0. The van der Waals surface area contributed by atoms with Crippen LogP contribution in [0.25, 0.3) is 181 Å². The largest absolute Gasteiger partial charge is 0.456 e. The standard InChI is InChI=1S/C134H85N3O2S/c1-5-29-94(30-6-1)133(95-31-7-2-8-32-95)121-48-19-13-38-106(121)119-84-103(73-78-123(119)133)135(98-65-54-86(55-66-98)90-28-25-37-102(80-90)137-125-50-21-15-40-108(125)109-41-16-22-51-126(109)137)101-71-60-89(61-72-101)93-64-77-112-115-45-26-44-114(131(115)139-129(112)83-93)105-75-62-91(81-118(105)117-47-27-46-116-113-43-18-24-53-130(113)140-132(116)117)87-56-67-99(68-57-87)136(100-69-58-88(59-70-100)92-63-76-111-110-42-17-23-52-127(110)138-128(111)82-92)104-74-79-124-120(85-104)107-39-14-20-49-122(107)134(124,96-33-9-3-10-34-96)97-35-11-4-12-36-97/h1-85H. The smallest absolute Gasteiger partial charge is 0.143 e. The molecule has 0 amide bonds. The van der Waals surface area contributed by atoms with Crippen molar-refractivity contribution in [3.63, 3.8) is 0 Å². The van der Waals surface area contributed by atoms with Gasteiger partial charge in [0, 0.05) is 103 Å². The van der Waals surface area contributed by atoms with Gasteiger partial charge >= 0.3 is 0 Å². The Kier molecular flexibility index (Phi) is 18.6. The Bertz CT molecular complexity index is 9290. The fraction of sp³-hybridized carbons (Fsp3) is 0.0149. The summed E-state index contributed by atoms with van der Waals surface area (Å²) >= 11 is 1.86. The highest BCUT2D eigenvalue weighted by molar-refractivity contribution is 7.26. The van der Waals surface area contributed by atoms with E-state index in [-0.39, 0.29) is 0 Å². The molecular formula is C134H85N3O2S. The third kappa shape index (κ3) is 12.6. The number of nitrogens with zero attached hydrogens (tertiary/aromatic N) is 3. The molecule has 6 heteroatoms. The van der Waals surface area contributed by atoms with Gasteiger partial charge in [-0.05, 0) is 262 Å². The topological polar surface area (TPSA) is 37.7 Å². The van der Waals surface area contributed by atoms with Crippen molar-refractivity contribution in [2.75, 3.05) is 9.80 Å². The first kappa shape index (κ1) is 80.5. The molecule has 140 heavy (non-hydrogen) atoms. The van der Waals surface area contributed by atoms with Crippen LogP contribution in [-0.2, 0) is 10.8 Å². The summed E-state index contributed by atoms with van der Waals surface area (Å²) in [6.45, 7) is 0. The Morgan fingerprint density at radius 1 is 0.193 bits per heavy atom. The first-order valence-electron chi connectivity index (χ1n) is 48.1. The van der Waals surface area contributed by atoms with E-state index in [0.29, 0.717) is 0 Å². The van der Waals surface area contributed by atoms with E-state index in [1.807, 2.05) is 23.5 Å². The molecule has 5 nitrogen and oxygen atoms in total. The van der Waals surface area contributed by atoms with Crippen LogP contribution in [0.3, 0.4) is 0 Å². The van der Waals surface area contributed by atoms with Crippen molar-refractivity contribution >= 4 is 131 Å². The summed E-state index contributed by atoms with van der Waals surface area (Å²) in [5.74, 6) is 0. The minimum Gasteiger partial charge on any atom is -0.456 e. The molecule has 0 saturated heterocycles. The van der Waals surface area contributed by atoms with Crippen LogP contribution in [0.2, 0.25) is 0 Å². The van der Waals surface area contributed by atoms with Crippen LogP contribution in [-0.4, -0.2) is 4.57 Å². The van der Waals surface area contributed by atoms with Gasteiger partial charge < -0.3 is 23.2 Å². The van der Waals surface area contributed by atoms with Crippen LogP contribution in [0.4, 0.5) is 34.1 Å². The lowest BCUT2D eigenvalue weighted by atomic mass is 9.68. The van der Waals surface area contributed by atoms with E-state index in [1.165, 1.54) is 114 Å². The SMILES string of the molecule is c1ccc(C2(c3ccccc3)c3ccccc3-c3cc(N(c4ccc(-c5ccc(-c6cccc7c6oc6cc(-c8ccc(N(c9ccc(-c%10cccc(-n%11c%12ccccc%12c%12ccccc%12%11)c%10)cc9)c9ccc%10c(c9)-c9ccccc9C%10(c9ccccc9)c9ccccc9)cc8)ccc67)c(-c6cccc7c6sc6ccccc67)c5)cc4)c4ccc(-c5ccc6c(c5)oc5ccccc56)cc4)ccc32)cc1. The summed E-state index contributed by atoms with van der Waals surface area (Å²) in [7, 11) is 0. The average molecular weight is 1800 g/mol. The molecule has 0 atom stereocenters. The average Bonchev–Trinajstić information content (AvgIpc) is 1.54. The van der Waals surface area contributed by atoms with Gasteiger partial charge in [0.05, 0.1) is 21.9 Å². The highest BCUT2D eigenvalue weighted by Crippen LogP contribution is 2.61. The lowest BCUT2D eigenvalue weighted by Gasteiger charge is -2.34. The molecule has 4 heterocycles. The van der Waals surface area contributed by atoms with Crippen molar-refractivity contribution in [1.29, 1.82) is 0 Å². The van der Waals surface area contributed by atoms with Gasteiger partial charge in [0.15, 0.2) is 0 Å². The van der Waals surface area contributed by atoms with Gasteiger partial charge in [-0.15, -0.1) is 11.3 Å². The fourth-order valence-electron chi connectivity index (χ4n) is 23.5. The molecule has 0 radical (unpaired) electrons. The fourth-order valence-corrected chi connectivity index (χ4v) is 24.8. The Morgan fingerprint density at radius 3 is 1.08 bits per heavy atom. The molecule has 654 valence electrons. The van der Waals surface area contributed by atoms with Gasteiger partial charge in [-0.3, -0.25) is 0 Å². The summed E-state index contributed by atoms with van der Waals surface area (Å²) in [6, 6.07) is 191. The van der Waals surface area contributed by atoms with Crippen molar-refractivity contribution in [3.8, 4) is 94.7 Å². The number of para-hydroxylation sites is 4. The van der Waals surface area contributed by atoms with Gasteiger partial charge in [-0.25, -0.2) is 0 Å². The molecule has 0 unspecified atom stereocenters. The maximum Gasteiger partial charge on any atom is 0.143 e. The zero-order valence-electron chi connectivity index (χ0n) is 76.1. The Balaban J connectivity index is 0.544. The lowest BCUT2D eigenvalue weighted by molar-refractivity contribution is 0.669. The number of thiophene rings is 1. The molecule has 0 N–H and O–H groups in total. The summed E-state index contributed by atoms with van der Waals surface area (Å²) in [5.41, 5.74) is 40.2. The van der Waals surface area contributed by atoms with Crippen molar-refractivity contribution in [1.82, 2.24) is 4.57 Å². The van der Waals surface area contributed by atoms with Gasteiger partial charge in [0.1, 0.15) is 22.3 Å². The zero-order chi connectivity index (χ0) is 92.1. The van der Waals surface area contributed by atoms with Crippen molar-refractivity contribution < 1.29 is 8.83 Å². The highest BCUT2D eigenvalue weighted by atomic mass is 32.1. The second-order valence-electron chi connectivity index (χ2n) is 37.1. The monoisotopic (exact) mass is 1800 g/mol. The van der Waals surface area contributed by atoms with E-state index in [1.54, 1.807) is 0 Å². The summed E-state index contributed by atoms with van der Waals surface area (Å²) in [6.07, 6.45) is 0. The van der Waals surface area contributed by atoms with Crippen LogP contribution in [0.5, 0.6) is 0 Å². The van der Waals surface area contributed by atoms with E-state index < -0.39 is 10.8 Å². The Hall–Kier alpha value is -17.9. The van der Waals surface area contributed by atoms with Crippen molar-refractivity contribution in [3.05, 3.63) is 560 Å². The predicted octanol–water partition coefficient (Wildman–Crippen LogP) is 36.6. The molecule has 0 fully saturated rings. The quantitative estimate of drug-likeness (QED) is 0.0911. The lowest BCUT2D eigenvalue weighted by Crippen LogP contribution is -2.28. The minimum absolute atomic E-state index is 0.541. The minimum atomic E-state index is -0.543. The second kappa shape index (κ2) is 32.4. The number of furan rings is 2. The van der Waals surface area contributed by atoms with Crippen LogP contribution in [0, 0.1) is 0 Å². The number of fused-ring (bicyclic) bond motifs is 18. The van der Waals surface area contributed by atoms with E-state index in [0.717, 1.165) is 145 Å². The number of aromatic nitrogens is 1. The summed E-state index contributed by atoms with van der Waals surface area (Å²) < 4.78 is 18.7. The first-order chi connectivity index (χ1) is 69.4. The normalized spacial score (nSPS) is 12.8. The van der Waals surface area contributed by atoms with E-state index >= 15 is 0 Å². The molecular weight excluding hydrogens is 1720 g/mol. The molecule has 0 bridgehead atoms. The number of anilines is 6. The Morgan fingerprint density at radius 2 is 0.557 bits per heavy atom. The van der Waals surface area contributed by atoms with Crippen molar-refractivity contribution in [2.24, 2.45) is 0 Å². The van der Waals surface area contributed by atoms with E-state index in [9.17, 15) is 0 Å². The van der Waals surface area contributed by atoms with Gasteiger partial charge in [0.2, 0.25) is 0 Å². The summed E-state index contributed by atoms with van der Waals surface area (Å²) in [4.78, 5) is 4.85. The van der Waals surface area contributed by atoms with Gasteiger partial charge in [-0.1, -0.05) is 376 Å². The number of hydrogen-bond donors (Lipinski definition) is 0. The molecule has 0 saturated carbocycles. The van der Waals surface area contributed by atoms with Gasteiger partial charge in [0.25, 0.3) is 0 Å². The number of rotatable bonds is 17. The van der Waals surface area contributed by atoms with Crippen LogP contribution >= 0.6 is 11.3 Å². The van der Waals surface area contributed by atoms with Crippen LogP contribution < -0.4 is 9.80 Å². The molecule has 0 aliphatic heterocycles. The predicted molar refractivity (Wildman–Crippen MR) is 585 cm³/mol. The molecule has 28 rings (SSSR count). The number of hydrogen-bond acceptors (Lipinski definition) is 5. The molecule has 22 aromatic carbocycles. The highest BCUT2D eigenvalue weighted by Gasteiger charge is 2.48. The van der Waals surface area contributed by atoms with E-state index in [4.69, 9.17) is 8.83 Å². The Labute approximate surface area is 814 Å².